The Morgan fingerprint density at radius 2 is 1.71 bits per heavy atom. The van der Waals surface area contributed by atoms with Gasteiger partial charge in [0.25, 0.3) is 0 Å². The molecule has 2 rings (SSSR count). The summed E-state index contributed by atoms with van der Waals surface area (Å²) in [5.41, 5.74) is 8.92. The quantitative estimate of drug-likeness (QED) is 0.885. The topological polar surface area (TPSA) is 64.8 Å². The molecule has 0 aliphatic carbocycles. The van der Waals surface area contributed by atoms with E-state index in [0.717, 1.165) is 16.7 Å². The van der Waals surface area contributed by atoms with Crippen molar-refractivity contribution in [3.05, 3.63) is 59.2 Å². The Hall–Kier alpha value is -2.53. The fourth-order valence-electron chi connectivity index (χ4n) is 2.57. The van der Waals surface area contributed by atoms with E-state index in [1.54, 1.807) is 26.2 Å². The van der Waals surface area contributed by atoms with Crippen molar-refractivity contribution in [2.24, 2.45) is 5.73 Å². The molecule has 0 radical (unpaired) electrons. The van der Waals surface area contributed by atoms with Gasteiger partial charge < -0.3 is 20.1 Å². The molecule has 2 N–H and O–H groups in total. The number of nitrogens with zero attached hydrogens (tertiary/aromatic N) is 1. The summed E-state index contributed by atoms with van der Waals surface area (Å²) in [6.07, 6.45) is 0. The number of hydrogen-bond acceptors (Lipinski definition) is 4. The van der Waals surface area contributed by atoms with Crippen molar-refractivity contribution in [2.75, 3.05) is 21.3 Å². The van der Waals surface area contributed by atoms with Crippen LogP contribution in [-0.4, -0.2) is 32.1 Å². The molecule has 24 heavy (non-hydrogen) atoms. The van der Waals surface area contributed by atoms with Gasteiger partial charge in [0.2, 0.25) is 5.91 Å². The highest BCUT2D eigenvalue weighted by atomic mass is 16.5. The standard InChI is InChI=1S/C19H24N2O3/c1-13-10-16(23-3)17(24-4)11-15(13)12-21(2)19(22)18(20)14-8-6-5-7-9-14/h5-11,18H,12,20H2,1-4H3/t18-/m1/s1. The van der Waals surface area contributed by atoms with Crippen molar-refractivity contribution in [3.8, 4) is 11.5 Å². The zero-order valence-corrected chi connectivity index (χ0v) is 14.6. The van der Waals surface area contributed by atoms with Crippen molar-refractivity contribution in [3.63, 3.8) is 0 Å². The molecule has 0 bridgehead atoms. The first-order valence-corrected chi connectivity index (χ1v) is 7.75. The maximum atomic E-state index is 12.6. The molecule has 0 saturated heterocycles. The van der Waals surface area contributed by atoms with E-state index in [4.69, 9.17) is 15.2 Å². The number of carbonyl (C=O) groups excluding carboxylic acids is 1. The molecule has 1 atom stereocenters. The minimum absolute atomic E-state index is 0.129. The number of benzene rings is 2. The van der Waals surface area contributed by atoms with Crippen molar-refractivity contribution in [1.82, 2.24) is 4.90 Å². The molecule has 2 aromatic rings. The van der Waals surface area contributed by atoms with Crippen LogP contribution in [0, 0.1) is 6.92 Å². The lowest BCUT2D eigenvalue weighted by atomic mass is 10.0. The molecule has 0 spiro atoms. The summed E-state index contributed by atoms with van der Waals surface area (Å²) >= 11 is 0. The Labute approximate surface area is 143 Å². The maximum Gasteiger partial charge on any atom is 0.244 e. The fraction of sp³-hybridized carbons (Fsp3) is 0.316. The van der Waals surface area contributed by atoms with Gasteiger partial charge in [-0.15, -0.1) is 0 Å². The summed E-state index contributed by atoms with van der Waals surface area (Å²) in [5.74, 6) is 1.19. The Kier molecular flexibility index (Phi) is 5.82. The molecule has 0 aliphatic heterocycles. The Morgan fingerprint density at radius 1 is 1.12 bits per heavy atom. The van der Waals surface area contributed by atoms with Crippen molar-refractivity contribution in [1.29, 1.82) is 0 Å². The van der Waals surface area contributed by atoms with Crippen LogP contribution in [0.2, 0.25) is 0 Å². The third-order valence-corrected chi connectivity index (χ3v) is 4.05. The summed E-state index contributed by atoms with van der Waals surface area (Å²) in [6.45, 7) is 2.43. The van der Waals surface area contributed by atoms with E-state index in [1.807, 2.05) is 49.4 Å². The van der Waals surface area contributed by atoms with E-state index >= 15 is 0 Å². The predicted octanol–water partition coefficient (Wildman–Crippen LogP) is 2.67. The lowest BCUT2D eigenvalue weighted by Gasteiger charge is -2.23. The van der Waals surface area contributed by atoms with Crippen LogP contribution in [-0.2, 0) is 11.3 Å². The van der Waals surface area contributed by atoms with Crippen LogP contribution >= 0.6 is 0 Å². The van der Waals surface area contributed by atoms with E-state index in [2.05, 4.69) is 0 Å². The molecule has 5 nitrogen and oxygen atoms in total. The SMILES string of the molecule is COc1cc(C)c(CN(C)C(=O)[C@H](N)c2ccccc2)cc1OC. The zero-order chi connectivity index (χ0) is 17.7. The number of rotatable bonds is 6. The number of likely N-dealkylation sites (N-methyl/N-ethyl adjacent to an activating group) is 1. The summed E-state index contributed by atoms with van der Waals surface area (Å²) in [6, 6.07) is 12.5. The lowest BCUT2D eigenvalue weighted by Crippen LogP contribution is -2.35. The van der Waals surface area contributed by atoms with Gasteiger partial charge in [-0.3, -0.25) is 4.79 Å². The molecule has 0 fully saturated rings. The first-order chi connectivity index (χ1) is 11.5. The average molecular weight is 328 g/mol. The van der Waals surface area contributed by atoms with Crippen LogP contribution in [0.5, 0.6) is 11.5 Å². The van der Waals surface area contributed by atoms with Crippen molar-refractivity contribution < 1.29 is 14.3 Å². The minimum Gasteiger partial charge on any atom is -0.493 e. The summed E-state index contributed by atoms with van der Waals surface area (Å²) in [7, 11) is 4.95. The molecular weight excluding hydrogens is 304 g/mol. The van der Waals surface area contributed by atoms with Gasteiger partial charge in [-0.1, -0.05) is 30.3 Å². The van der Waals surface area contributed by atoms with Gasteiger partial charge in [0, 0.05) is 13.6 Å². The second-order valence-electron chi connectivity index (χ2n) is 5.72. The smallest absolute Gasteiger partial charge is 0.244 e. The molecule has 2 aromatic carbocycles. The molecule has 0 unspecified atom stereocenters. The number of hydrogen-bond donors (Lipinski definition) is 1. The fourth-order valence-corrected chi connectivity index (χ4v) is 2.57. The van der Waals surface area contributed by atoms with Gasteiger partial charge in [0.15, 0.2) is 11.5 Å². The predicted molar refractivity (Wildman–Crippen MR) is 94.1 cm³/mol. The van der Waals surface area contributed by atoms with Crippen LogP contribution < -0.4 is 15.2 Å². The lowest BCUT2D eigenvalue weighted by molar-refractivity contribution is -0.132. The average Bonchev–Trinajstić information content (AvgIpc) is 2.62. The van der Waals surface area contributed by atoms with Crippen LogP contribution in [0.25, 0.3) is 0 Å². The van der Waals surface area contributed by atoms with Crippen LogP contribution in [0.4, 0.5) is 0 Å². The highest BCUT2D eigenvalue weighted by Gasteiger charge is 2.20. The molecule has 0 saturated carbocycles. The van der Waals surface area contributed by atoms with Crippen molar-refractivity contribution in [2.45, 2.75) is 19.5 Å². The summed E-state index contributed by atoms with van der Waals surface area (Å²) in [5, 5.41) is 0. The zero-order valence-electron chi connectivity index (χ0n) is 14.6. The highest BCUT2D eigenvalue weighted by Crippen LogP contribution is 2.31. The number of methoxy groups -OCH3 is 2. The van der Waals surface area contributed by atoms with Gasteiger partial charge in [-0.05, 0) is 35.7 Å². The molecule has 0 aromatic heterocycles. The van der Waals surface area contributed by atoms with Crippen LogP contribution in [0.1, 0.15) is 22.7 Å². The Bertz CT molecular complexity index is 701. The van der Waals surface area contributed by atoms with Crippen molar-refractivity contribution >= 4 is 5.91 Å². The number of nitrogens with two attached hydrogens (primary N) is 1. The van der Waals surface area contributed by atoms with Gasteiger partial charge in [-0.25, -0.2) is 0 Å². The third-order valence-electron chi connectivity index (χ3n) is 4.05. The summed E-state index contributed by atoms with van der Waals surface area (Å²) < 4.78 is 10.6. The second-order valence-corrected chi connectivity index (χ2v) is 5.72. The number of aryl methyl sites for hydroxylation is 1. The van der Waals surface area contributed by atoms with E-state index in [0.29, 0.717) is 18.0 Å². The second kappa shape index (κ2) is 7.84. The largest absolute Gasteiger partial charge is 0.493 e. The van der Waals surface area contributed by atoms with Gasteiger partial charge >= 0.3 is 0 Å². The monoisotopic (exact) mass is 328 g/mol. The van der Waals surface area contributed by atoms with Gasteiger partial charge in [-0.2, -0.15) is 0 Å². The Balaban J connectivity index is 2.17. The summed E-state index contributed by atoms with van der Waals surface area (Å²) in [4.78, 5) is 14.2. The number of carbonyl (C=O) groups is 1. The maximum absolute atomic E-state index is 12.6. The van der Waals surface area contributed by atoms with E-state index in [-0.39, 0.29) is 5.91 Å². The van der Waals surface area contributed by atoms with E-state index < -0.39 is 6.04 Å². The number of amides is 1. The van der Waals surface area contributed by atoms with Crippen LogP contribution in [0.15, 0.2) is 42.5 Å². The third kappa shape index (κ3) is 3.86. The molecule has 0 heterocycles. The first-order valence-electron chi connectivity index (χ1n) is 7.75. The first kappa shape index (κ1) is 17.8. The molecule has 128 valence electrons. The normalized spacial score (nSPS) is 11.7. The molecular formula is C19H24N2O3. The van der Waals surface area contributed by atoms with Gasteiger partial charge in [0.05, 0.1) is 14.2 Å². The van der Waals surface area contributed by atoms with Gasteiger partial charge in [0.1, 0.15) is 6.04 Å². The molecule has 5 heteroatoms. The molecule has 0 aliphatic rings. The number of ether oxygens (including phenoxy) is 2. The Morgan fingerprint density at radius 3 is 2.29 bits per heavy atom. The molecule has 1 amide bonds. The van der Waals surface area contributed by atoms with E-state index in [1.165, 1.54) is 0 Å². The highest BCUT2D eigenvalue weighted by molar-refractivity contribution is 5.82. The van der Waals surface area contributed by atoms with Crippen LogP contribution in [0.3, 0.4) is 0 Å². The minimum atomic E-state index is -0.670. The van der Waals surface area contributed by atoms with E-state index in [9.17, 15) is 4.79 Å².